The summed E-state index contributed by atoms with van der Waals surface area (Å²) in [6.07, 6.45) is 4.28. The number of amides is 2. The Labute approximate surface area is 297 Å². The van der Waals surface area contributed by atoms with Gasteiger partial charge in [-0.25, -0.2) is 19.4 Å². The molecule has 3 aromatic carbocycles. The molecular formula is C37H48N6O8. The zero-order chi connectivity index (χ0) is 38.4. The summed E-state index contributed by atoms with van der Waals surface area (Å²) in [5.74, 6) is -1.68. The molecule has 2 amide bonds. The molecule has 1 heterocycles. The number of nitrogens with zero attached hydrogens (tertiary/aromatic N) is 1. The summed E-state index contributed by atoms with van der Waals surface area (Å²) in [4.78, 5) is 63.7. The maximum atomic E-state index is 11.5. The molecule has 14 nitrogen and oxygen atoms in total. The fourth-order valence-electron chi connectivity index (χ4n) is 5.01. The molecule has 0 aliphatic heterocycles. The van der Waals surface area contributed by atoms with Crippen molar-refractivity contribution in [2.24, 2.45) is 0 Å². The van der Waals surface area contributed by atoms with Crippen molar-refractivity contribution in [1.82, 2.24) is 9.97 Å². The van der Waals surface area contributed by atoms with Crippen LogP contribution in [0.5, 0.6) is 0 Å². The Morgan fingerprint density at radius 3 is 1.59 bits per heavy atom. The molecule has 0 saturated heterocycles. The lowest BCUT2D eigenvalue weighted by atomic mass is 10.1. The molecule has 0 radical (unpaired) electrons. The summed E-state index contributed by atoms with van der Waals surface area (Å²) in [6, 6.07) is 9.26. The number of hydrogen-bond donors (Lipinski definition) is 7. The molecule has 0 unspecified atom stereocenters. The molecule has 4 aromatic rings. The van der Waals surface area contributed by atoms with Gasteiger partial charge < -0.3 is 42.0 Å². The van der Waals surface area contributed by atoms with E-state index in [1.807, 2.05) is 20.8 Å². The number of carbonyl (C=O) groups excluding carboxylic acids is 3. The number of hydrogen-bond acceptors (Lipinski definition) is 9. The largest absolute Gasteiger partial charge is 0.478 e. The Balaban J connectivity index is 0.000000265. The van der Waals surface area contributed by atoms with Crippen LogP contribution in [0.15, 0.2) is 36.4 Å². The van der Waals surface area contributed by atoms with E-state index in [0.717, 1.165) is 53.7 Å². The van der Waals surface area contributed by atoms with Crippen molar-refractivity contribution in [1.29, 1.82) is 0 Å². The summed E-state index contributed by atoms with van der Waals surface area (Å²) in [5, 5.41) is 23.2. The molecule has 9 N–H and O–H groups in total. The number of anilines is 4. The van der Waals surface area contributed by atoms with Gasteiger partial charge in [-0.05, 0) is 93.1 Å². The fourth-order valence-corrected chi connectivity index (χ4v) is 5.01. The van der Waals surface area contributed by atoms with Crippen LogP contribution in [0.3, 0.4) is 0 Å². The standard InChI is InChI=1S/C13H18N2O3.C12H16N2O3.C12H14N2O2/c1-4-5-11(16)15-12-8(2)6-9(7-10(12)14)13(17)18-3;1-3-4-10(15)14-11-7(2)5-8(12(16)17)6-9(11)13;1-3-4-10-13-9-6-8(12(15)16)5-7(2)11(9)14-10/h6-7H,4-5,14H2,1-3H3,(H,15,16);5-6H,3-4,13H2,1-2H3,(H,14,15)(H,16,17);5-6H,3-4H2,1-2H3,(H,13,14)(H,15,16). The minimum atomic E-state index is -1.04. The molecule has 274 valence electrons. The molecule has 14 heteroatoms. The molecule has 0 aliphatic rings. The van der Waals surface area contributed by atoms with E-state index in [-0.39, 0.29) is 23.1 Å². The van der Waals surface area contributed by atoms with Crippen LogP contribution in [0, 0.1) is 20.8 Å². The molecule has 1 aromatic heterocycles. The van der Waals surface area contributed by atoms with Crippen LogP contribution in [0.25, 0.3) is 11.0 Å². The lowest BCUT2D eigenvalue weighted by molar-refractivity contribution is -0.117. The van der Waals surface area contributed by atoms with Crippen LogP contribution >= 0.6 is 0 Å². The van der Waals surface area contributed by atoms with Gasteiger partial charge in [-0.1, -0.05) is 20.8 Å². The van der Waals surface area contributed by atoms with Gasteiger partial charge in [0.25, 0.3) is 0 Å². The van der Waals surface area contributed by atoms with Crippen molar-refractivity contribution in [3.63, 3.8) is 0 Å². The predicted octanol–water partition coefficient (Wildman–Crippen LogP) is 6.64. The second-order valence-electron chi connectivity index (χ2n) is 11.8. The highest BCUT2D eigenvalue weighted by atomic mass is 16.5. The first kappa shape index (κ1) is 41.3. The Morgan fingerprint density at radius 1 is 0.706 bits per heavy atom. The van der Waals surface area contributed by atoms with Gasteiger partial charge in [0, 0.05) is 19.3 Å². The van der Waals surface area contributed by atoms with Crippen molar-refractivity contribution in [2.75, 3.05) is 29.2 Å². The maximum absolute atomic E-state index is 11.5. The topological polar surface area (TPSA) is 240 Å². The summed E-state index contributed by atoms with van der Waals surface area (Å²) in [5.41, 5.74) is 18.0. The summed E-state index contributed by atoms with van der Waals surface area (Å²) >= 11 is 0. The van der Waals surface area contributed by atoms with Gasteiger partial charge in [0.1, 0.15) is 5.82 Å². The number of carboxylic acid groups (broad SMARTS) is 2. The number of aromatic amines is 1. The van der Waals surface area contributed by atoms with Gasteiger partial charge in [0.15, 0.2) is 0 Å². The highest BCUT2D eigenvalue weighted by Crippen LogP contribution is 2.27. The van der Waals surface area contributed by atoms with E-state index in [0.29, 0.717) is 46.6 Å². The van der Waals surface area contributed by atoms with Gasteiger partial charge in [0.2, 0.25) is 11.8 Å². The molecular weight excluding hydrogens is 656 g/mol. The Hall–Kier alpha value is -5.92. The summed E-state index contributed by atoms with van der Waals surface area (Å²) in [6.45, 7) is 11.3. The molecule has 51 heavy (non-hydrogen) atoms. The number of aryl methyl sites for hydroxylation is 4. The third kappa shape index (κ3) is 11.9. The van der Waals surface area contributed by atoms with Gasteiger partial charge in [-0.3, -0.25) is 9.59 Å². The van der Waals surface area contributed by atoms with Gasteiger partial charge in [-0.15, -0.1) is 0 Å². The summed E-state index contributed by atoms with van der Waals surface area (Å²) in [7, 11) is 1.31. The van der Waals surface area contributed by atoms with E-state index in [1.54, 1.807) is 32.0 Å². The first-order chi connectivity index (χ1) is 24.1. The SMILES string of the molecule is CCCC(=O)Nc1c(C)cc(C(=O)O)cc1N.CCCC(=O)Nc1c(C)cc(C(=O)OC)cc1N.CCCc1nc2c(C)cc(C(=O)O)cc2[nH]1. The zero-order valence-corrected chi connectivity index (χ0v) is 30.2. The number of methoxy groups -OCH3 is 1. The minimum absolute atomic E-state index is 0.0851. The van der Waals surface area contributed by atoms with Crippen molar-refractivity contribution < 1.29 is 38.9 Å². The van der Waals surface area contributed by atoms with E-state index in [2.05, 4.69) is 32.3 Å². The van der Waals surface area contributed by atoms with E-state index in [9.17, 15) is 24.0 Å². The Morgan fingerprint density at radius 2 is 1.16 bits per heavy atom. The van der Waals surface area contributed by atoms with Gasteiger partial charge in [0.05, 0.1) is 57.6 Å². The normalized spacial score (nSPS) is 10.3. The van der Waals surface area contributed by atoms with Crippen molar-refractivity contribution in [3.8, 4) is 0 Å². The molecule has 0 atom stereocenters. The third-order valence-electron chi connectivity index (χ3n) is 7.44. The molecule has 0 saturated carbocycles. The number of aromatic nitrogens is 2. The smallest absolute Gasteiger partial charge is 0.337 e. The number of aromatic carboxylic acids is 2. The third-order valence-corrected chi connectivity index (χ3v) is 7.44. The lowest BCUT2D eigenvalue weighted by Gasteiger charge is -2.12. The highest BCUT2D eigenvalue weighted by Gasteiger charge is 2.14. The number of fused-ring (bicyclic) bond motifs is 1. The quantitative estimate of drug-likeness (QED) is 0.0645. The maximum Gasteiger partial charge on any atom is 0.337 e. The fraction of sp³-hybridized carbons (Fsp3) is 0.351. The minimum Gasteiger partial charge on any atom is -0.478 e. The second kappa shape index (κ2) is 19.3. The zero-order valence-electron chi connectivity index (χ0n) is 30.2. The Kier molecular flexibility index (Phi) is 15.6. The lowest BCUT2D eigenvalue weighted by Crippen LogP contribution is -2.14. The number of carbonyl (C=O) groups is 5. The van der Waals surface area contributed by atoms with Crippen molar-refractivity contribution in [2.45, 2.75) is 80.1 Å². The molecule has 0 bridgehead atoms. The van der Waals surface area contributed by atoms with Crippen LogP contribution in [-0.4, -0.2) is 57.0 Å². The van der Waals surface area contributed by atoms with E-state index >= 15 is 0 Å². The molecule has 0 aliphatic carbocycles. The van der Waals surface area contributed by atoms with Crippen LogP contribution in [0.2, 0.25) is 0 Å². The number of nitrogen functional groups attached to an aromatic ring is 2. The monoisotopic (exact) mass is 704 g/mol. The number of carboxylic acids is 2. The van der Waals surface area contributed by atoms with Crippen LogP contribution < -0.4 is 22.1 Å². The number of rotatable bonds is 11. The van der Waals surface area contributed by atoms with Gasteiger partial charge >= 0.3 is 17.9 Å². The number of imidazole rings is 1. The average Bonchev–Trinajstić information content (AvgIpc) is 3.48. The average molecular weight is 705 g/mol. The molecule has 0 fully saturated rings. The van der Waals surface area contributed by atoms with Crippen molar-refractivity contribution >= 4 is 63.5 Å². The molecule has 4 rings (SSSR count). The van der Waals surface area contributed by atoms with Crippen molar-refractivity contribution in [3.05, 3.63) is 75.6 Å². The number of ether oxygens (including phenoxy) is 1. The second-order valence-corrected chi connectivity index (χ2v) is 11.8. The van der Waals surface area contributed by atoms with E-state index in [4.69, 9.17) is 21.7 Å². The number of esters is 1. The molecule has 0 spiro atoms. The van der Waals surface area contributed by atoms with Crippen LogP contribution in [0.1, 0.15) is 106 Å². The van der Waals surface area contributed by atoms with Crippen LogP contribution in [0.4, 0.5) is 22.7 Å². The van der Waals surface area contributed by atoms with Gasteiger partial charge in [-0.2, -0.15) is 0 Å². The highest BCUT2D eigenvalue weighted by molar-refractivity contribution is 5.99. The van der Waals surface area contributed by atoms with E-state index in [1.165, 1.54) is 25.3 Å². The number of H-pyrrole nitrogens is 1. The number of nitrogens with one attached hydrogen (secondary N) is 3. The van der Waals surface area contributed by atoms with Crippen LogP contribution in [-0.2, 0) is 20.7 Å². The number of nitrogens with two attached hydrogens (primary N) is 2. The summed E-state index contributed by atoms with van der Waals surface area (Å²) < 4.78 is 4.62. The predicted molar refractivity (Wildman–Crippen MR) is 198 cm³/mol. The first-order valence-corrected chi connectivity index (χ1v) is 16.5. The first-order valence-electron chi connectivity index (χ1n) is 16.5. The number of benzene rings is 3. The van der Waals surface area contributed by atoms with E-state index < -0.39 is 17.9 Å². The Bertz CT molecular complexity index is 1850.